The second-order valence-electron chi connectivity index (χ2n) is 4.15. The molecule has 1 aliphatic rings. The molecule has 0 aromatic carbocycles. The van der Waals surface area contributed by atoms with E-state index in [2.05, 4.69) is 21.2 Å². The van der Waals surface area contributed by atoms with E-state index < -0.39 is 0 Å². The third kappa shape index (κ3) is 2.59. The van der Waals surface area contributed by atoms with Crippen molar-refractivity contribution in [2.45, 2.75) is 32.6 Å². The SMILES string of the molecule is CCCC1CCN(c2nc(N)ns2)CC1. The van der Waals surface area contributed by atoms with E-state index in [1.54, 1.807) is 0 Å². The fourth-order valence-corrected chi connectivity index (χ4v) is 2.82. The Kier molecular flexibility index (Phi) is 3.41. The Labute approximate surface area is 94.7 Å². The summed E-state index contributed by atoms with van der Waals surface area (Å²) in [4.78, 5) is 6.52. The molecule has 5 heteroatoms. The number of hydrogen-bond acceptors (Lipinski definition) is 5. The summed E-state index contributed by atoms with van der Waals surface area (Å²) in [5.41, 5.74) is 5.52. The first-order valence-corrected chi connectivity index (χ1v) is 6.41. The lowest BCUT2D eigenvalue weighted by molar-refractivity contribution is 0.378. The maximum atomic E-state index is 5.52. The number of anilines is 2. The first-order valence-electron chi connectivity index (χ1n) is 5.63. The second-order valence-corrected chi connectivity index (χ2v) is 4.88. The zero-order valence-electron chi connectivity index (χ0n) is 9.15. The minimum atomic E-state index is 0.408. The summed E-state index contributed by atoms with van der Waals surface area (Å²) in [5.74, 6) is 1.32. The van der Waals surface area contributed by atoms with Crippen molar-refractivity contribution in [1.29, 1.82) is 0 Å². The van der Waals surface area contributed by atoms with Gasteiger partial charge in [0.2, 0.25) is 11.1 Å². The zero-order chi connectivity index (χ0) is 10.7. The molecule has 0 spiro atoms. The zero-order valence-corrected chi connectivity index (χ0v) is 9.96. The molecule has 0 unspecified atom stereocenters. The molecule has 4 nitrogen and oxygen atoms in total. The van der Waals surface area contributed by atoms with Crippen LogP contribution < -0.4 is 10.6 Å². The van der Waals surface area contributed by atoms with E-state index in [1.807, 2.05) is 0 Å². The van der Waals surface area contributed by atoms with Crippen LogP contribution in [0.3, 0.4) is 0 Å². The van der Waals surface area contributed by atoms with Gasteiger partial charge in [0.15, 0.2) is 0 Å². The van der Waals surface area contributed by atoms with Gasteiger partial charge in [0.1, 0.15) is 0 Å². The summed E-state index contributed by atoms with van der Waals surface area (Å²) in [5, 5.41) is 0.988. The number of nitrogens with zero attached hydrogens (tertiary/aromatic N) is 3. The maximum Gasteiger partial charge on any atom is 0.233 e. The van der Waals surface area contributed by atoms with Gasteiger partial charge in [-0.3, -0.25) is 0 Å². The Bertz CT molecular complexity index is 304. The molecule has 0 radical (unpaired) electrons. The number of nitrogen functional groups attached to an aromatic ring is 1. The van der Waals surface area contributed by atoms with Crippen molar-refractivity contribution in [3.8, 4) is 0 Å². The first kappa shape index (κ1) is 10.7. The second kappa shape index (κ2) is 4.79. The molecule has 1 aliphatic heterocycles. The Morgan fingerprint density at radius 1 is 1.47 bits per heavy atom. The van der Waals surface area contributed by atoms with Gasteiger partial charge < -0.3 is 10.6 Å². The molecule has 1 aromatic heterocycles. The molecule has 84 valence electrons. The van der Waals surface area contributed by atoms with E-state index in [-0.39, 0.29) is 0 Å². The van der Waals surface area contributed by atoms with Crippen molar-refractivity contribution >= 4 is 22.6 Å². The molecule has 0 bridgehead atoms. The number of hydrogen-bond donors (Lipinski definition) is 1. The van der Waals surface area contributed by atoms with Gasteiger partial charge in [-0.2, -0.15) is 9.36 Å². The highest BCUT2D eigenvalue weighted by Crippen LogP contribution is 2.27. The van der Waals surface area contributed by atoms with E-state index in [4.69, 9.17) is 5.73 Å². The average Bonchev–Trinajstić information content (AvgIpc) is 2.67. The van der Waals surface area contributed by atoms with Crippen molar-refractivity contribution in [3.63, 3.8) is 0 Å². The van der Waals surface area contributed by atoms with E-state index >= 15 is 0 Å². The van der Waals surface area contributed by atoms with Crippen LogP contribution in [0.4, 0.5) is 11.1 Å². The van der Waals surface area contributed by atoms with Crippen molar-refractivity contribution in [2.24, 2.45) is 5.92 Å². The highest BCUT2D eigenvalue weighted by atomic mass is 32.1. The monoisotopic (exact) mass is 226 g/mol. The molecule has 1 fully saturated rings. The predicted molar refractivity (Wildman–Crippen MR) is 64.2 cm³/mol. The average molecular weight is 226 g/mol. The Balaban J connectivity index is 1.88. The first-order chi connectivity index (χ1) is 7.29. The highest BCUT2D eigenvalue weighted by molar-refractivity contribution is 7.09. The van der Waals surface area contributed by atoms with Crippen LogP contribution in [0.1, 0.15) is 32.6 Å². The van der Waals surface area contributed by atoms with Crippen LogP contribution in [0.15, 0.2) is 0 Å². The Morgan fingerprint density at radius 2 is 2.20 bits per heavy atom. The number of rotatable bonds is 3. The van der Waals surface area contributed by atoms with Crippen LogP contribution in [0, 0.1) is 5.92 Å². The van der Waals surface area contributed by atoms with Gasteiger partial charge in [-0.15, -0.1) is 0 Å². The number of aromatic nitrogens is 2. The summed E-state index contributed by atoms with van der Waals surface area (Å²) in [6.07, 6.45) is 5.24. The topological polar surface area (TPSA) is 55.0 Å². The third-order valence-corrected chi connectivity index (χ3v) is 3.80. The standard InChI is InChI=1S/C10H18N4S/c1-2-3-8-4-6-14(7-5-8)10-12-9(11)13-15-10/h8H,2-7H2,1H3,(H2,11,13). The van der Waals surface area contributed by atoms with Gasteiger partial charge in [0.25, 0.3) is 0 Å². The normalized spacial score (nSPS) is 18.3. The van der Waals surface area contributed by atoms with E-state index in [0.29, 0.717) is 5.95 Å². The summed E-state index contributed by atoms with van der Waals surface area (Å²) in [6.45, 7) is 4.48. The van der Waals surface area contributed by atoms with Crippen LogP contribution in [-0.4, -0.2) is 22.4 Å². The van der Waals surface area contributed by atoms with E-state index in [0.717, 1.165) is 24.1 Å². The summed E-state index contributed by atoms with van der Waals surface area (Å²) in [6, 6.07) is 0. The fourth-order valence-electron chi connectivity index (χ4n) is 2.18. The smallest absolute Gasteiger partial charge is 0.233 e. The summed E-state index contributed by atoms with van der Waals surface area (Å²) < 4.78 is 4.01. The van der Waals surface area contributed by atoms with E-state index in [9.17, 15) is 0 Å². The van der Waals surface area contributed by atoms with Crippen LogP contribution in [-0.2, 0) is 0 Å². The lowest BCUT2D eigenvalue weighted by Gasteiger charge is -2.31. The predicted octanol–water partition coefficient (Wildman–Crippen LogP) is 2.14. The molecule has 2 rings (SSSR count). The minimum Gasteiger partial charge on any atom is -0.367 e. The molecule has 1 aromatic rings. The number of nitrogens with two attached hydrogens (primary N) is 1. The Hall–Kier alpha value is -0.840. The minimum absolute atomic E-state index is 0.408. The van der Waals surface area contributed by atoms with Crippen molar-refractivity contribution in [2.75, 3.05) is 23.7 Å². The molecular weight excluding hydrogens is 208 g/mol. The Morgan fingerprint density at radius 3 is 2.73 bits per heavy atom. The molecule has 1 saturated heterocycles. The molecule has 2 heterocycles. The quantitative estimate of drug-likeness (QED) is 0.858. The largest absolute Gasteiger partial charge is 0.367 e. The van der Waals surface area contributed by atoms with Crippen LogP contribution >= 0.6 is 11.5 Å². The fraction of sp³-hybridized carbons (Fsp3) is 0.800. The van der Waals surface area contributed by atoms with Gasteiger partial charge in [-0.25, -0.2) is 0 Å². The lowest BCUT2D eigenvalue weighted by atomic mass is 9.93. The third-order valence-electron chi connectivity index (χ3n) is 3.01. The van der Waals surface area contributed by atoms with Gasteiger partial charge in [-0.1, -0.05) is 19.8 Å². The lowest BCUT2D eigenvalue weighted by Crippen LogP contribution is -2.33. The summed E-state index contributed by atoms with van der Waals surface area (Å²) >= 11 is 1.41. The molecule has 0 aliphatic carbocycles. The van der Waals surface area contributed by atoms with Crippen molar-refractivity contribution < 1.29 is 0 Å². The molecule has 2 N–H and O–H groups in total. The molecule has 0 amide bonds. The molecule has 0 saturated carbocycles. The van der Waals surface area contributed by atoms with Crippen LogP contribution in [0.25, 0.3) is 0 Å². The molecule has 15 heavy (non-hydrogen) atoms. The van der Waals surface area contributed by atoms with Crippen LogP contribution in [0.5, 0.6) is 0 Å². The van der Waals surface area contributed by atoms with Gasteiger partial charge in [-0.05, 0) is 18.8 Å². The highest BCUT2D eigenvalue weighted by Gasteiger charge is 2.20. The van der Waals surface area contributed by atoms with Gasteiger partial charge in [0.05, 0.1) is 0 Å². The summed E-state index contributed by atoms with van der Waals surface area (Å²) in [7, 11) is 0. The molecule has 0 atom stereocenters. The number of piperidine rings is 1. The van der Waals surface area contributed by atoms with Crippen LogP contribution in [0.2, 0.25) is 0 Å². The van der Waals surface area contributed by atoms with E-state index in [1.165, 1.54) is 37.2 Å². The van der Waals surface area contributed by atoms with Crippen molar-refractivity contribution in [3.05, 3.63) is 0 Å². The van der Waals surface area contributed by atoms with Gasteiger partial charge in [0, 0.05) is 24.6 Å². The molecular formula is C10H18N4S. The van der Waals surface area contributed by atoms with Gasteiger partial charge >= 0.3 is 0 Å². The van der Waals surface area contributed by atoms with Crippen molar-refractivity contribution in [1.82, 2.24) is 9.36 Å². The maximum absolute atomic E-state index is 5.52.